The molecule has 9 nitrogen and oxygen atoms in total. The zero-order valence-electron chi connectivity index (χ0n) is 18.0. The van der Waals surface area contributed by atoms with Gasteiger partial charge >= 0.3 is 24.0 Å². The van der Waals surface area contributed by atoms with Crippen molar-refractivity contribution in [2.24, 2.45) is 5.92 Å². The van der Waals surface area contributed by atoms with Crippen LogP contribution < -0.4 is 0 Å². The molecule has 0 bridgehead atoms. The number of hydrogen-bond donors (Lipinski definition) is 0. The third-order valence-electron chi connectivity index (χ3n) is 4.85. The third kappa shape index (κ3) is 4.26. The van der Waals surface area contributed by atoms with Gasteiger partial charge in [0.15, 0.2) is 5.92 Å². The van der Waals surface area contributed by atoms with Gasteiger partial charge in [0.1, 0.15) is 5.60 Å². The van der Waals surface area contributed by atoms with Crippen LogP contribution in [-0.4, -0.2) is 54.0 Å². The highest BCUT2D eigenvalue weighted by Gasteiger charge is 2.54. The Balaban J connectivity index is 2.18. The number of fused-ring (bicyclic) bond motifs is 1. The summed E-state index contributed by atoms with van der Waals surface area (Å²) in [5.41, 5.74) is 0.162. The minimum atomic E-state index is -1.38. The number of esters is 3. The van der Waals surface area contributed by atoms with E-state index in [9.17, 15) is 19.2 Å². The number of para-hydroxylation sites is 1. The van der Waals surface area contributed by atoms with Gasteiger partial charge in [-0.15, -0.1) is 0 Å². The van der Waals surface area contributed by atoms with Gasteiger partial charge in [-0.2, -0.15) is 0 Å². The van der Waals surface area contributed by atoms with Gasteiger partial charge in [-0.1, -0.05) is 18.2 Å². The van der Waals surface area contributed by atoms with Crippen LogP contribution in [0.25, 0.3) is 10.9 Å². The van der Waals surface area contributed by atoms with Crippen molar-refractivity contribution in [3.05, 3.63) is 36.0 Å². The van der Waals surface area contributed by atoms with Crippen LogP contribution in [0, 0.1) is 5.92 Å². The Morgan fingerprint density at radius 2 is 1.81 bits per heavy atom. The first-order valence-corrected chi connectivity index (χ1v) is 9.87. The summed E-state index contributed by atoms with van der Waals surface area (Å²) in [4.78, 5) is 50.3. The first kappa shape index (κ1) is 22.3. The van der Waals surface area contributed by atoms with E-state index in [-0.39, 0.29) is 6.61 Å². The molecule has 0 saturated carbocycles. The molecule has 0 radical (unpaired) electrons. The molecule has 3 rings (SSSR count). The molecule has 3 atom stereocenters. The first-order valence-electron chi connectivity index (χ1n) is 9.87. The van der Waals surface area contributed by atoms with Gasteiger partial charge in [0, 0.05) is 11.6 Å². The lowest BCUT2D eigenvalue weighted by Crippen LogP contribution is -2.32. The van der Waals surface area contributed by atoms with Crippen molar-refractivity contribution in [1.82, 2.24) is 4.57 Å². The summed E-state index contributed by atoms with van der Waals surface area (Å²) in [6.07, 6.45) is -0.523. The van der Waals surface area contributed by atoms with Crippen molar-refractivity contribution in [2.75, 3.05) is 13.7 Å². The average Bonchev–Trinajstić information content (AvgIpc) is 3.24. The molecule has 0 N–H and O–H groups in total. The van der Waals surface area contributed by atoms with E-state index < -0.39 is 47.5 Å². The standard InChI is InChI=1S/C22H25NO8/c1-6-29-20(26)17-15(16(18(24)28-5)19(25)30-17)13-11-23(21(27)31-22(2,3)4)14-10-8-7-9-12(13)14/h7-11,15-17H,6H2,1-5H3/t15-,16+,17+/m0/s1. The lowest BCUT2D eigenvalue weighted by molar-refractivity contribution is -0.163. The molecule has 1 aliphatic rings. The van der Waals surface area contributed by atoms with Crippen molar-refractivity contribution >= 4 is 34.9 Å². The van der Waals surface area contributed by atoms with Crippen LogP contribution in [0.1, 0.15) is 39.2 Å². The molecule has 2 heterocycles. The molecule has 2 aromatic rings. The summed E-state index contributed by atoms with van der Waals surface area (Å²) >= 11 is 0. The van der Waals surface area contributed by atoms with Crippen molar-refractivity contribution in [2.45, 2.75) is 45.3 Å². The lowest BCUT2D eigenvalue weighted by Gasteiger charge is -2.20. The highest BCUT2D eigenvalue weighted by molar-refractivity contribution is 6.02. The van der Waals surface area contributed by atoms with E-state index in [0.717, 1.165) is 7.11 Å². The number of benzene rings is 1. The Morgan fingerprint density at radius 1 is 1.13 bits per heavy atom. The Hall–Kier alpha value is -3.36. The lowest BCUT2D eigenvalue weighted by atomic mass is 9.84. The number of carbonyl (C=O) groups excluding carboxylic acids is 4. The van der Waals surface area contributed by atoms with E-state index in [1.54, 1.807) is 52.0 Å². The van der Waals surface area contributed by atoms with Crippen LogP contribution in [-0.2, 0) is 33.3 Å². The van der Waals surface area contributed by atoms with Gasteiger partial charge in [0.05, 0.1) is 25.2 Å². The average molecular weight is 431 g/mol. The summed E-state index contributed by atoms with van der Waals surface area (Å²) < 4.78 is 21.8. The fourth-order valence-electron chi connectivity index (χ4n) is 3.66. The van der Waals surface area contributed by atoms with Crippen LogP contribution in [0.2, 0.25) is 0 Å². The van der Waals surface area contributed by atoms with Crippen LogP contribution in [0.4, 0.5) is 4.79 Å². The smallest absolute Gasteiger partial charge is 0.419 e. The molecule has 9 heteroatoms. The summed E-state index contributed by atoms with van der Waals surface area (Å²) in [5, 5.41) is 0.569. The molecule has 31 heavy (non-hydrogen) atoms. The molecule has 0 amide bonds. The topological polar surface area (TPSA) is 110 Å². The highest BCUT2D eigenvalue weighted by atomic mass is 16.6. The normalized spacial score (nSPS) is 20.9. The molecule has 0 aliphatic carbocycles. The van der Waals surface area contributed by atoms with E-state index in [0.29, 0.717) is 16.5 Å². The predicted molar refractivity (Wildman–Crippen MR) is 108 cm³/mol. The van der Waals surface area contributed by atoms with Gasteiger partial charge in [0.25, 0.3) is 0 Å². The molecule has 0 unspecified atom stereocenters. The van der Waals surface area contributed by atoms with Crippen molar-refractivity contribution in [3.63, 3.8) is 0 Å². The number of aromatic nitrogens is 1. The maximum atomic E-state index is 12.8. The quantitative estimate of drug-likeness (QED) is 0.413. The second-order valence-corrected chi connectivity index (χ2v) is 8.09. The number of nitrogens with zero attached hydrogens (tertiary/aromatic N) is 1. The van der Waals surface area contributed by atoms with E-state index in [1.807, 2.05) is 0 Å². The SMILES string of the molecule is CCOC(=O)[C@@H]1OC(=O)[C@@H](C(=O)OC)[C@@H]1c1cn(C(=O)OC(C)(C)C)c2ccccc12. The zero-order chi connectivity index (χ0) is 22.9. The molecular formula is C22H25NO8. The van der Waals surface area contributed by atoms with Crippen molar-refractivity contribution in [1.29, 1.82) is 0 Å². The molecular weight excluding hydrogens is 406 g/mol. The van der Waals surface area contributed by atoms with Crippen LogP contribution in [0.3, 0.4) is 0 Å². The van der Waals surface area contributed by atoms with Crippen molar-refractivity contribution < 1.29 is 38.1 Å². The fraction of sp³-hybridized carbons (Fsp3) is 0.455. The van der Waals surface area contributed by atoms with Gasteiger partial charge in [0.2, 0.25) is 6.10 Å². The fourth-order valence-corrected chi connectivity index (χ4v) is 3.66. The van der Waals surface area contributed by atoms with E-state index in [4.69, 9.17) is 18.9 Å². The van der Waals surface area contributed by atoms with E-state index in [2.05, 4.69) is 0 Å². The number of hydrogen-bond acceptors (Lipinski definition) is 8. The van der Waals surface area contributed by atoms with Crippen LogP contribution in [0.15, 0.2) is 30.5 Å². The molecule has 1 aromatic heterocycles. The van der Waals surface area contributed by atoms with Gasteiger partial charge in [-0.05, 0) is 39.3 Å². The van der Waals surface area contributed by atoms with E-state index in [1.165, 1.54) is 10.8 Å². The minimum Gasteiger partial charge on any atom is -0.468 e. The number of methoxy groups -OCH3 is 1. The first-order chi connectivity index (χ1) is 14.6. The Kier molecular flexibility index (Phi) is 6.06. The molecule has 1 aliphatic heterocycles. The van der Waals surface area contributed by atoms with Gasteiger partial charge in [-0.3, -0.25) is 14.2 Å². The molecule has 1 saturated heterocycles. The largest absolute Gasteiger partial charge is 0.468 e. The monoisotopic (exact) mass is 431 g/mol. The van der Waals surface area contributed by atoms with Gasteiger partial charge in [-0.25, -0.2) is 9.59 Å². The summed E-state index contributed by atoms with van der Waals surface area (Å²) in [5.74, 6) is -4.91. The highest BCUT2D eigenvalue weighted by Crippen LogP contribution is 2.42. The van der Waals surface area contributed by atoms with Crippen LogP contribution in [0.5, 0.6) is 0 Å². The Labute approximate surface area is 179 Å². The number of rotatable bonds is 4. The maximum absolute atomic E-state index is 12.8. The second-order valence-electron chi connectivity index (χ2n) is 8.09. The third-order valence-corrected chi connectivity index (χ3v) is 4.85. The Morgan fingerprint density at radius 3 is 2.42 bits per heavy atom. The number of carbonyl (C=O) groups is 4. The number of ether oxygens (including phenoxy) is 4. The molecule has 166 valence electrons. The van der Waals surface area contributed by atoms with Gasteiger partial charge < -0.3 is 18.9 Å². The second kappa shape index (κ2) is 8.41. The minimum absolute atomic E-state index is 0.0716. The van der Waals surface area contributed by atoms with Crippen LogP contribution >= 0.6 is 0 Å². The number of cyclic esters (lactones) is 1. The maximum Gasteiger partial charge on any atom is 0.419 e. The summed E-state index contributed by atoms with van der Waals surface area (Å²) in [6, 6.07) is 6.91. The van der Waals surface area contributed by atoms with Crippen molar-refractivity contribution in [3.8, 4) is 0 Å². The Bertz CT molecular complexity index is 1030. The summed E-state index contributed by atoms with van der Waals surface area (Å²) in [7, 11) is 1.15. The predicted octanol–water partition coefficient (Wildman–Crippen LogP) is 2.79. The zero-order valence-corrected chi connectivity index (χ0v) is 18.0. The molecule has 0 spiro atoms. The molecule has 1 aromatic carbocycles. The van der Waals surface area contributed by atoms with E-state index >= 15 is 0 Å². The molecule has 1 fully saturated rings. The summed E-state index contributed by atoms with van der Waals surface area (Å²) in [6.45, 7) is 6.92.